The Bertz CT molecular complexity index is 2260. The number of halogens is 7. The summed E-state index contributed by atoms with van der Waals surface area (Å²) in [4.78, 5) is 72.3. The maximum atomic E-state index is 13.1. The van der Waals surface area contributed by atoms with Gasteiger partial charge >= 0.3 is 24.4 Å². The average Bonchev–Trinajstić information content (AvgIpc) is 3.98. The summed E-state index contributed by atoms with van der Waals surface area (Å²) in [5.74, 6) is 0.284. The Kier molecular flexibility index (Phi) is 14.8. The van der Waals surface area contributed by atoms with E-state index in [2.05, 4.69) is 46.5 Å². The van der Waals surface area contributed by atoms with E-state index in [1.807, 2.05) is 33.8 Å². The number of anilines is 4. The number of nitrogens with zero attached hydrogens (tertiary/aromatic N) is 8. The van der Waals surface area contributed by atoms with Crippen molar-refractivity contribution in [2.75, 3.05) is 46.6 Å². The molecule has 2 aliphatic heterocycles. The highest BCUT2D eigenvalue weighted by Crippen LogP contribution is 2.39. The normalized spacial score (nSPS) is 17.9. The van der Waals surface area contributed by atoms with Crippen molar-refractivity contribution in [2.24, 2.45) is 11.8 Å². The van der Waals surface area contributed by atoms with E-state index in [1.165, 1.54) is 37.9 Å². The number of hydrogen-bond acceptors (Lipinski definition) is 8. The van der Waals surface area contributed by atoms with E-state index in [4.69, 9.17) is 0 Å². The molecule has 4 aromatic rings. The second kappa shape index (κ2) is 19.9. The molecule has 2 atom stereocenters. The number of urea groups is 2. The molecule has 6 amide bonds. The average molecular weight is 962 g/mol. The number of nitrogens with one attached hydrogen (secondary N) is 2. The lowest BCUT2D eigenvalue weighted by atomic mass is 10.0. The third-order valence-electron chi connectivity index (χ3n) is 10.5. The number of amides is 6. The van der Waals surface area contributed by atoms with Gasteiger partial charge in [-0.25, -0.2) is 24.5 Å². The van der Waals surface area contributed by atoms with Crippen molar-refractivity contribution < 1.29 is 45.5 Å². The highest BCUT2D eigenvalue weighted by Gasteiger charge is 2.42. The number of aromatic nitrogens is 4. The number of rotatable bonds is 13. The predicted octanol–water partition coefficient (Wildman–Crippen LogP) is 9.22. The summed E-state index contributed by atoms with van der Waals surface area (Å²) in [6.07, 6.45) is -0.360. The van der Waals surface area contributed by atoms with Crippen molar-refractivity contribution in [1.82, 2.24) is 29.7 Å². The SMILES string of the molecule is CC(C)C[C@H]1CN(c2ccc(C(F)(F)F)nc2)C(=O)N1CC(=O)Nc1ccc(Br)nc1.CC(C)C[C@H]1CN(c2ccc(C(F)(F)F)nc2)C(=O)N1CC(=O)Nc1ccc(C2CC2)nc1. The van der Waals surface area contributed by atoms with Crippen LogP contribution >= 0.6 is 15.9 Å². The van der Waals surface area contributed by atoms with Crippen molar-refractivity contribution >= 4 is 62.6 Å². The second-order valence-electron chi connectivity index (χ2n) is 16.6. The van der Waals surface area contributed by atoms with Crippen molar-refractivity contribution in [3.63, 3.8) is 0 Å². The summed E-state index contributed by atoms with van der Waals surface area (Å²) in [6.45, 7) is 8.21. The standard InChI is InChI=1S/C23H26F3N5O2.C20H21BrF3N5O2/c1-14(2)9-18-12-30(17-6-8-20(28-11-17)23(24,25)26)22(33)31(18)13-21(32)29-16-5-7-19(27-10-16)15-3-4-15;1-12(2)7-15-10-28(14-4-5-16(25-9-14)20(22,23)24)19(31)29(15)11-18(30)27-13-3-6-17(21)26-8-13/h5-8,10-11,14-15,18H,3-4,9,12-13H2,1-2H3,(H,29,32);3-6,8-9,12,15H,7,10-11H2,1-2H3,(H,27,30)/t18-;15-/m00/s1. The first-order valence-corrected chi connectivity index (χ1v) is 21.4. The molecule has 0 bridgehead atoms. The maximum Gasteiger partial charge on any atom is 0.433 e. The Morgan fingerprint density at radius 2 is 1.08 bits per heavy atom. The molecule has 0 aromatic carbocycles. The Hall–Kier alpha value is -5.86. The van der Waals surface area contributed by atoms with E-state index in [0.717, 1.165) is 43.1 Å². The lowest BCUT2D eigenvalue weighted by Crippen LogP contribution is -2.41. The van der Waals surface area contributed by atoms with Crippen molar-refractivity contribution in [3.05, 3.63) is 95.0 Å². The van der Waals surface area contributed by atoms with E-state index in [-0.39, 0.29) is 67.4 Å². The first-order valence-electron chi connectivity index (χ1n) is 20.6. The molecule has 0 spiro atoms. The van der Waals surface area contributed by atoms with E-state index in [9.17, 15) is 45.5 Å². The zero-order valence-electron chi connectivity index (χ0n) is 35.3. The van der Waals surface area contributed by atoms with Gasteiger partial charge in [0.15, 0.2) is 0 Å². The van der Waals surface area contributed by atoms with Crippen LogP contribution in [0.2, 0.25) is 0 Å². The fourth-order valence-electron chi connectivity index (χ4n) is 7.40. The third kappa shape index (κ3) is 12.4. The number of carbonyl (C=O) groups excluding carboxylic acids is 4. The molecule has 2 N–H and O–H groups in total. The van der Waals surface area contributed by atoms with Crippen LogP contribution in [0.3, 0.4) is 0 Å². The van der Waals surface area contributed by atoms with Gasteiger partial charge in [-0.05, 0) is 102 Å². The van der Waals surface area contributed by atoms with Crippen LogP contribution in [-0.2, 0) is 21.9 Å². The Morgan fingerprint density at radius 1 is 0.641 bits per heavy atom. The first kappa shape index (κ1) is 47.6. The first-order chi connectivity index (χ1) is 30.2. The van der Waals surface area contributed by atoms with Crippen molar-refractivity contribution in [1.29, 1.82) is 0 Å². The van der Waals surface area contributed by atoms with E-state index in [0.29, 0.717) is 34.7 Å². The van der Waals surface area contributed by atoms with Crippen LogP contribution in [0.15, 0.2) is 77.9 Å². The van der Waals surface area contributed by atoms with Gasteiger partial charge in [0.2, 0.25) is 11.8 Å². The molecule has 0 unspecified atom stereocenters. The van der Waals surface area contributed by atoms with Gasteiger partial charge in [-0.3, -0.25) is 24.4 Å². The molecule has 14 nitrogen and oxygen atoms in total. The van der Waals surface area contributed by atoms with Gasteiger partial charge in [0.1, 0.15) is 29.1 Å². The summed E-state index contributed by atoms with van der Waals surface area (Å²) in [7, 11) is 0. The molecule has 6 heterocycles. The summed E-state index contributed by atoms with van der Waals surface area (Å²) in [6, 6.07) is 9.81. The molecule has 2 saturated heterocycles. The minimum Gasteiger partial charge on any atom is -0.323 e. The zero-order valence-corrected chi connectivity index (χ0v) is 36.9. The topological polar surface area (TPSA) is 157 Å². The lowest BCUT2D eigenvalue weighted by molar-refractivity contribution is -0.141. The Morgan fingerprint density at radius 3 is 1.41 bits per heavy atom. The van der Waals surface area contributed by atoms with Crippen LogP contribution < -0.4 is 20.4 Å². The molecule has 3 aliphatic rings. The largest absolute Gasteiger partial charge is 0.433 e. The van der Waals surface area contributed by atoms with Crippen LogP contribution in [0.4, 0.5) is 58.7 Å². The van der Waals surface area contributed by atoms with E-state index < -0.39 is 41.7 Å². The van der Waals surface area contributed by atoms with Crippen molar-refractivity contribution in [3.8, 4) is 0 Å². The van der Waals surface area contributed by atoms with Gasteiger partial charge in [-0.1, -0.05) is 27.7 Å². The van der Waals surface area contributed by atoms with Gasteiger partial charge in [0.25, 0.3) is 0 Å². The number of carbonyl (C=O) groups is 4. The lowest BCUT2D eigenvalue weighted by Gasteiger charge is -2.23. The van der Waals surface area contributed by atoms with Crippen LogP contribution in [0.1, 0.15) is 76.4 Å². The molecule has 21 heteroatoms. The third-order valence-corrected chi connectivity index (χ3v) is 11.0. The molecule has 0 radical (unpaired) electrons. The van der Waals surface area contributed by atoms with Crippen LogP contribution in [-0.4, -0.2) is 91.9 Å². The monoisotopic (exact) mass is 960 g/mol. The molecule has 7 rings (SSSR count). The minimum atomic E-state index is -4.56. The van der Waals surface area contributed by atoms with Gasteiger partial charge in [-0.15, -0.1) is 0 Å². The summed E-state index contributed by atoms with van der Waals surface area (Å²) >= 11 is 3.22. The summed E-state index contributed by atoms with van der Waals surface area (Å²) < 4.78 is 77.5. The predicted molar refractivity (Wildman–Crippen MR) is 229 cm³/mol. The molecular formula is C43H47BrF6N10O4. The van der Waals surface area contributed by atoms with Crippen LogP contribution in [0.5, 0.6) is 0 Å². The van der Waals surface area contributed by atoms with Gasteiger partial charge < -0.3 is 20.4 Å². The second-order valence-corrected chi connectivity index (χ2v) is 17.4. The van der Waals surface area contributed by atoms with Crippen molar-refractivity contribution in [2.45, 2.75) is 83.7 Å². The summed E-state index contributed by atoms with van der Waals surface area (Å²) in [5, 5.41) is 5.47. The van der Waals surface area contributed by atoms with Gasteiger partial charge in [0.05, 0.1) is 59.6 Å². The quantitative estimate of drug-likeness (QED) is 0.0993. The van der Waals surface area contributed by atoms with Crippen LogP contribution in [0.25, 0.3) is 0 Å². The van der Waals surface area contributed by atoms with Crippen LogP contribution in [0, 0.1) is 11.8 Å². The maximum absolute atomic E-state index is 13.1. The Balaban J connectivity index is 0.000000213. The van der Waals surface area contributed by atoms with Gasteiger partial charge in [-0.2, -0.15) is 26.3 Å². The zero-order chi connectivity index (χ0) is 46.5. The van der Waals surface area contributed by atoms with Gasteiger partial charge in [0, 0.05) is 24.7 Å². The molecule has 4 aromatic heterocycles. The molecule has 1 saturated carbocycles. The molecule has 64 heavy (non-hydrogen) atoms. The van der Waals surface area contributed by atoms with E-state index in [1.54, 1.807) is 24.4 Å². The Labute approximate surface area is 374 Å². The number of alkyl halides is 6. The number of pyridine rings is 4. The smallest absolute Gasteiger partial charge is 0.323 e. The molecule has 3 fully saturated rings. The minimum absolute atomic E-state index is 0.162. The number of hydrogen-bond donors (Lipinski definition) is 2. The van der Waals surface area contributed by atoms with E-state index >= 15 is 0 Å². The molecule has 342 valence electrons. The molecule has 1 aliphatic carbocycles. The highest BCUT2D eigenvalue weighted by molar-refractivity contribution is 9.10. The fourth-order valence-corrected chi connectivity index (χ4v) is 7.64. The molecular weight excluding hydrogens is 914 g/mol. The fraction of sp³-hybridized carbons (Fsp3) is 0.442. The highest BCUT2D eigenvalue weighted by atomic mass is 79.9. The summed E-state index contributed by atoms with van der Waals surface area (Å²) in [5.41, 5.74) is 0.538.